The topological polar surface area (TPSA) is 32.3 Å². The Bertz CT molecular complexity index is 748. The Balaban J connectivity index is 1.76. The number of hydrogen-bond donors (Lipinski definition) is 1. The molecule has 0 radical (unpaired) electrons. The molecule has 2 heterocycles. The van der Waals surface area contributed by atoms with Crippen molar-refractivity contribution in [3.8, 4) is 0 Å². The van der Waals surface area contributed by atoms with Gasteiger partial charge in [-0.3, -0.25) is 4.79 Å². The third-order valence-corrected chi connectivity index (χ3v) is 5.59. The summed E-state index contributed by atoms with van der Waals surface area (Å²) in [4.78, 5) is 15.2. The van der Waals surface area contributed by atoms with Crippen LogP contribution in [-0.4, -0.2) is 30.4 Å². The smallest absolute Gasteiger partial charge is 0.254 e. The quantitative estimate of drug-likeness (QED) is 0.921. The average molecular weight is 320 g/mol. The Morgan fingerprint density at radius 1 is 1.04 bits per heavy atom. The Morgan fingerprint density at radius 3 is 2.54 bits per heavy atom. The lowest BCUT2D eigenvalue weighted by molar-refractivity contribution is 0.0625. The molecule has 0 bridgehead atoms. The van der Waals surface area contributed by atoms with Gasteiger partial charge in [-0.25, -0.2) is 0 Å². The second-order valence-corrected chi connectivity index (χ2v) is 7.17. The number of carbonyl (C=O) groups excluding carboxylic acids is 1. The number of nitrogens with zero attached hydrogens (tertiary/aromatic N) is 1. The number of fused-ring (bicyclic) bond motifs is 2. The average Bonchev–Trinajstić information content (AvgIpc) is 2.61. The van der Waals surface area contributed by atoms with Crippen molar-refractivity contribution in [2.75, 3.05) is 19.6 Å². The summed E-state index contributed by atoms with van der Waals surface area (Å²) in [6.45, 7) is 5.74. The zero-order chi connectivity index (χ0) is 16.6. The molecule has 0 saturated carbocycles. The highest BCUT2D eigenvalue weighted by Crippen LogP contribution is 2.42. The van der Waals surface area contributed by atoms with Crippen LogP contribution >= 0.6 is 0 Å². The molecule has 0 unspecified atom stereocenters. The van der Waals surface area contributed by atoms with Crippen molar-refractivity contribution in [3.63, 3.8) is 0 Å². The largest absolute Gasteiger partial charge is 0.333 e. The van der Waals surface area contributed by atoms with Crippen molar-refractivity contribution in [2.24, 2.45) is 0 Å². The summed E-state index contributed by atoms with van der Waals surface area (Å²) in [5, 5.41) is 3.48. The van der Waals surface area contributed by atoms with E-state index in [2.05, 4.69) is 35.3 Å². The van der Waals surface area contributed by atoms with Crippen LogP contribution in [0.25, 0.3) is 0 Å². The van der Waals surface area contributed by atoms with Crippen LogP contribution in [0.1, 0.15) is 39.9 Å². The molecule has 0 aliphatic carbocycles. The van der Waals surface area contributed by atoms with E-state index in [1.54, 1.807) is 0 Å². The van der Waals surface area contributed by atoms with Crippen molar-refractivity contribution in [1.82, 2.24) is 10.2 Å². The Kier molecular flexibility index (Phi) is 3.89. The summed E-state index contributed by atoms with van der Waals surface area (Å²) in [5.74, 6) is 0.182. The zero-order valence-electron chi connectivity index (χ0n) is 14.2. The van der Waals surface area contributed by atoms with Gasteiger partial charge in [-0.2, -0.15) is 0 Å². The fourth-order valence-corrected chi connectivity index (χ4v) is 4.48. The van der Waals surface area contributed by atoms with Gasteiger partial charge in [-0.15, -0.1) is 0 Å². The predicted molar refractivity (Wildman–Crippen MR) is 96.1 cm³/mol. The minimum Gasteiger partial charge on any atom is -0.333 e. The van der Waals surface area contributed by atoms with E-state index in [-0.39, 0.29) is 11.3 Å². The van der Waals surface area contributed by atoms with Crippen LogP contribution < -0.4 is 5.32 Å². The van der Waals surface area contributed by atoms with Gasteiger partial charge in [0.1, 0.15) is 0 Å². The lowest BCUT2D eigenvalue weighted by atomic mass is 9.67. The highest BCUT2D eigenvalue weighted by atomic mass is 16.2. The van der Waals surface area contributed by atoms with E-state index in [1.165, 1.54) is 16.7 Å². The molecule has 2 aromatic rings. The highest BCUT2D eigenvalue weighted by Gasteiger charge is 2.44. The van der Waals surface area contributed by atoms with Gasteiger partial charge >= 0.3 is 0 Å². The van der Waals surface area contributed by atoms with Crippen LogP contribution in [0.15, 0.2) is 48.5 Å². The number of rotatable bonds is 2. The zero-order valence-corrected chi connectivity index (χ0v) is 14.2. The van der Waals surface area contributed by atoms with E-state index >= 15 is 0 Å². The van der Waals surface area contributed by atoms with E-state index in [4.69, 9.17) is 0 Å². The summed E-state index contributed by atoms with van der Waals surface area (Å²) < 4.78 is 0. The summed E-state index contributed by atoms with van der Waals surface area (Å²) in [5.41, 5.74) is 4.79. The number of amides is 1. The van der Waals surface area contributed by atoms with Crippen LogP contribution in [0.4, 0.5) is 0 Å². The highest BCUT2D eigenvalue weighted by molar-refractivity contribution is 5.98. The minimum absolute atomic E-state index is 0.106. The molecule has 1 fully saturated rings. The van der Waals surface area contributed by atoms with Crippen molar-refractivity contribution in [2.45, 2.75) is 31.7 Å². The molecular formula is C21H24N2O. The molecule has 2 aliphatic rings. The van der Waals surface area contributed by atoms with Crippen molar-refractivity contribution in [3.05, 3.63) is 70.8 Å². The molecule has 3 heteroatoms. The number of carbonyl (C=O) groups is 1. The lowest BCUT2D eigenvalue weighted by Gasteiger charge is -2.47. The molecule has 24 heavy (non-hydrogen) atoms. The molecule has 2 aromatic carbocycles. The number of hydrogen-bond acceptors (Lipinski definition) is 2. The molecule has 1 saturated heterocycles. The first-order valence-corrected chi connectivity index (χ1v) is 8.84. The number of aryl methyl sites for hydroxylation is 1. The number of nitrogens with one attached hydrogen (secondary N) is 1. The van der Waals surface area contributed by atoms with Gasteiger partial charge in [-0.05, 0) is 55.6 Å². The Morgan fingerprint density at radius 2 is 1.79 bits per heavy atom. The van der Waals surface area contributed by atoms with Gasteiger partial charge in [0.05, 0.1) is 0 Å². The maximum atomic E-state index is 13.1. The maximum Gasteiger partial charge on any atom is 0.254 e. The van der Waals surface area contributed by atoms with Crippen LogP contribution in [0, 0.1) is 6.92 Å². The SMILES string of the molecule is Cc1cccc2c1C1(CCNCC1)CN(Cc1ccccc1)C2=O. The van der Waals surface area contributed by atoms with Crippen LogP contribution in [0.2, 0.25) is 0 Å². The van der Waals surface area contributed by atoms with E-state index < -0.39 is 0 Å². The van der Waals surface area contributed by atoms with E-state index in [0.717, 1.165) is 38.0 Å². The number of piperidine rings is 1. The van der Waals surface area contributed by atoms with Crippen LogP contribution in [0.3, 0.4) is 0 Å². The number of benzene rings is 2. The molecule has 124 valence electrons. The van der Waals surface area contributed by atoms with Gasteiger partial charge < -0.3 is 10.2 Å². The standard InChI is InChI=1S/C21H24N2O/c1-16-6-5-9-18-19(16)21(10-12-22-13-11-21)15-23(20(18)24)14-17-7-3-2-4-8-17/h2-9,22H,10-15H2,1H3. The van der Waals surface area contributed by atoms with Gasteiger partial charge in [0.2, 0.25) is 0 Å². The molecule has 4 rings (SSSR count). The van der Waals surface area contributed by atoms with Crippen molar-refractivity contribution in [1.29, 1.82) is 0 Å². The molecule has 1 spiro atoms. The van der Waals surface area contributed by atoms with Gasteiger partial charge in [-0.1, -0.05) is 42.5 Å². The monoisotopic (exact) mass is 320 g/mol. The molecule has 0 aromatic heterocycles. The molecule has 0 atom stereocenters. The third-order valence-electron chi connectivity index (χ3n) is 5.59. The molecular weight excluding hydrogens is 296 g/mol. The van der Waals surface area contributed by atoms with Crippen LogP contribution in [-0.2, 0) is 12.0 Å². The fraction of sp³-hybridized carbons (Fsp3) is 0.381. The Hall–Kier alpha value is -2.13. The maximum absolute atomic E-state index is 13.1. The Labute approximate surface area is 143 Å². The minimum atomic E-state index is 0.106. The third kappa shape index (κ3) is 2.53. The normalized spacial score (nSPS) is 19.4. The second-order valence-electron chi connectivity index (χ2n) is 7.17. The molecule has 1 amide bonds. The first-order valence-electron chi connectivity index (χ1n) is 8.84. The van der Waals surface area contributed by atoms with Crippen LogP contribution in [0.5, 0.6) is 0 Å². The van der Waals surface area contributed by atoms with Gasteiger partial charge in [0.25, 0.3) is 5.91 Å². The predicted octanol–water partition coefficient (Wildman–Crippen LogP) is 3.27. The van der Waals surface area contributed by atoms with Crippen molar-refractivity contribution >= 4 is 5.91 Å². The lowest BCUT2D eigenvalue weighted by Crippen LogP contribution is -2.53. The summed E-state index contributed by atoms with van der Waals surface area (Å²) in [6.07, 6.45) is 2.20. The summed E-state index contributed by atoms with van der Waals surface area (Å²) in [6, 6.07) is 16.5. The van der Waals surface area contributed by atoms with E-state index in [9.17, 15) is 4.79 Å². The summed E-state index contributed by atoms with van der Waals surface area (Å²) >= 11 is 0. The van der Waals surface area contributed by atoms with Crippen molar-refractivity contribution < 1.29 is 4.79 Å². The van der Waals surface area contributed by atoms with Gasteiger partial charge in [0, 0.05) is 24.1 Å². The first kappa shape index (κ1) is 15.4. The molecule has 1 N–H and O–H groups in total. The fourth-order valence-electron chi connectivity index (χ4n) is 4.48. The molecule has 3 nitrogen and oxygen atoms in total. The van der Waals surface area contributed by atoms with E-state index in [0.29, 0.717) is 6.54 Å². The summed E-state index contributed by atoms with van der Waals surface area (Å²) in [7, 11) is 0. The van der Waals surface area contributed by atoms with Gasteiger partial charge in [0.15, 0.2) is 0 Å². The molecule has 2 aliphatic heterocycles. The van der Waals surface area contributed by atoms with E-state index in [1.807, 2.05) is 30.3 Å². The second kappa shape index (κ2) is 6.06. The first-order chi connectivity index (χ1) is 11.7.